The van der Waals surface area contributed by atoms with Gasteiger partial charge in [-0.3, -0.25) is 9.59 Å². The van der Waals surface area contributed by atoms with Gasteiger partial charge in [-0.1, -0.05) is 12.1 Å². The Hall–Kier alpha value is -2.89. The minimum absolute atomic E-state index is 0.0113. The molecule has 1 aliphatic heterocycles. The third-order valence-corrected chi connectivity index (χ3v) is 4.92. The van der Waals surface area contributed by atoms with Crippen molar-refractivity contribution in [2.75, 3.05) is 13.1 Å². The molecule has 6 heteroatoms. The summed E-state index contributed by atoms with van der Waals surface area (Å²) in [4.78, 5) is 32.5. The number of hydrogen-bond acceptors (Lipinski definition) is 3. The zero-order valence-corrected chi connectivity index (χ0v) is 13.9. The highest BCUT2D eigenvalue weighted by Crippen LogP contribution is 2.22. The van der Waals surface area contributed by atoms with Crippen molar-refractivity contribution in [3.8, 4) is 0 Å². The standard InChI is InChI=1S/C19H20N4O2/c24-18-6-5-15(11-20-18)19(25)22-9-7-14(8-10-22)12-23-13-21-16-3-1-2-4-17(16)23/h1-6,11,13-14H,7-10,12H2,(H,20,24). The van der Waals surface area contributed by atoms with E-state index in [1.165, 1.54) is 12.3 Å². The van der Waals surface area contributed by atoms with Gasteiger partial charge in [-0.2, -0.15) is 0 Å². The van der Waals surface area contributed by atoms with Crippen molar-refractivity contribution in [2.45, 2.75) is 19.4 Å². The van der Waals surface area contributed by atoms with Crippen molar-refractivity contribution in [1.82, 2.24) is 19.4 Å². The quantitative estimate of drug-likeness (QED) is 0.797. The monoisotopic (exact) mass is 336 g/mol. The molecule has 1 aromatic carbocycles. The van der Waals surface area contributed by atoms with E-state index in [4.69, 9.17) is 0 Å². The number of aromatic amines is 1. The maximum absolute atomic E-state index is 12.5. The molecule has 1 fully saturated rings. The first-order valence-electron chi connectivity index (χ1n) is 8.58. The minimum atomic E-state index is -0.192. The van der Waals surface area contributed by atoms with Crippen LogP contribution in [0.5, 0.6) is 0 Å². The van der Waals surface area contributed by atoms with Crippen LogP contribution in [-0.4, -0.2) is 38.4 Å². The third-order valence-electron chi connectivity index (χ3n) is 4.92. The molecule has 3 aromatic rings. The Balaban J connectivity index is 1.39. The lowest BCUT2D eigenvalue weighted by Gasteiger charge is -2.32. The van der Waals surface area contributed by atoms with Gasteiger partial charge in [0.25, 0.3) is 5.91 Å². The van der Waals surface area contributed by atoms with Gasteiger partial charge >= 0.3 is 0 Å². The second-order valence-electron chi connectivity index (χ2n) is 6.56. The van der Waals surface area contributed by atoms with Crippen molar-refractivity contribution in [2.24, 2.45) is 5.92 Å². The maximum Gasteiger partial charge on any atom is 0.255 e. The molecule has 128 valence electrons. The van der Waals surface area contributed by atoms with Crippen LogP contribution in [0.15, 0.2) is 53.7 Å². The number of nitrogens with one attached hydrogen (secondary N) is 1. The number of likely N-dealkylation sites (tertiary alicyclic amines) is 1. The first-order chi connectivity index (χ1) is 12.2. The molecule has 2 aromatic heterocycles. The predicted octanol–water partition coefficient (Wildman–Crippen LogP) is 2.28. The number of aromatic nitrogens is 3. The molecule has 1 aliphatic rings. The van der Waals surface area contributed by atoms with Crippen LogP contribution in [0.25, 0.3) is 11.0 Å². The van der Waals surface area contributed by atoms with E-state index in [2.05, 4.69) is 20.6 Å². The number of amides is 1. The Morgan fingerprint density at radius 1 is 1.16 bits per heavy atom. The number of carbonyl (C=O) groups is 1. The Morgan fingerprint density at radius 3 is 2.72 bits per heavy atom. The fourth-order valence-corrected chi connectivity index (χ4v) is 3.48. The van der Waals surface area contributed by atoms with Crippen LogP contribution >= 0.6 is 0 Å². The number of fused-ring (bicyclic) bond motifs is 1. The number of para-hydroxylation sites is 2. The molecule has 1 saturated heterocycles. The summed E-state index contributed by atoms with van der Waals surface area (Å²) >= 11 is 0. The normalized spacial score (nSPS) is 15.6. The Labute approximate surface area is 145 Å². The number of imidazole rings is 1. The van der Waals surface area contributed by atoms with Gasteiger partial charge in [-0.25, -0.2) is 4.98 Å². The highest BCUT2D eigenvalue weighted by Gasteiger charge is 2.24. The van der Waals surface area contributed by atoms with E-state index < -0.39 is 0 Å². The zero-order valence-electron chi connectivity index (χ0n) is 13.9. The molecule has 1 N–H and O–H groups in total. The average molecular weight is 336 g/mol. The summed E-state index contributed by atoms with van der Waals surface area (Å²) in [5.74, 6) is 0.528. The van der Waals surface area contributed by atoms with E-state index in [9.17, 15) is 9.59 Å². The summed E-state index contributed by atoms with van der Waals surface area (Å²) in [7, 11) is 0. The number of carbonyl (C=O) groups excluding carboxylic acids is 1. The van der Waals surface area contributed by atoms with E-state index in [-0.39, 0.29) is 11.5 Å². The second kappa shape index (κ2) is 6.55. The van der Waals surface area contributed by atoms with Gasteiger partial charge in [0.1, 0.15) is 0 Å². The van der Waals surface area contributed by atoms with Gasteiger partial charge in [0, 0.05) is 31.9 Å². The topological polar surface area (TPSA) is 71.0 Å². The van der Waals surface area contributed by atoms with Crippen molar-refractivity contribution < 1.29 is 4.79 Å². The van der Waals surface area contributed by atoms with Gasteiger partial charge in [-0.15, -0.1) is 0 Å². The molecule has 1 amide bonds. The fourth-order valence-electron chi connectivity index (χ4n) is 3.48. The van der Waals surface area contributed by atoms with Gasteiger partial charge in [0.05, 0.1) is 22.9 Å². The Bertz CT molecular complexity index is 931. The molecule has 0 aliphatic carbocycles. The molecular weight excluding hydrogens is 316 g/mol. The van der Waals surface area contributed by atoms with Crippen molar-refractivity contribution in [1.29, 1.82) is 0 Å². The predicted molar refractivity (Wildman–Crippen MR) is 95.4 cm³/mol. The molecule has 0 atom stereocenters. The number of rotatable bonds is 3. The van der Waals surface area contributed by atoms with Gasteiger partial charge in [-0.05, 0) is 37.0 Å². The second-order valence-corrected chi connectivity index (χ2v) is 6.56. The van der Waals surface area contributed by atoms with Crippen LogP contribution in [0.2, 0.25) is 0 Å². The summed E-state index contributed by atoms with van der Waals surface area (Å²) in [5, 5.41) is 0. The number of benzene rings is 1. The first kappa shape index (κ1) is 15.6. The molecular formula is C19H20N4O2. The van der Waals surface area contributed by atoms with Gasteiger partial charge in [0.15, 0.2) is 0 Å². The molecule has 6 nitrogen and oxygen atoms in total. The minimum Gasteiger partial charge on any atom is -0.339 e. The summed E-state index contributed by atoms with van der Waals surface area (Å²) in [6.07, 6.45) is 5.35. The van der Waals surface area contributed by atoms with Crippen LogP contribution < -0.4 is 5.56 Å². The number of piperidine rings is 1. The molecule has 0 bridgehead atoms. The van der Waals surface area contributed by atoms with E-state index in [1.807, 2.05) is 29.4 Å². The number of pyridine rings is 1. The van der Waals surface area contributed by atoms with Crippen LogP contribution in [0.1, 0.15) is 23.2 Å². The highest BCUT2D eigenvalue weighted by atomic mass is 16.2. The first-order valence-corrected chi connectivity index (χ1v) is 8.58. The van der Waals surface area contributed by atoms with E-state index in [1.54, 1.807) is 6.07 Å². The number of hydrogen-bond donors (Lipinski definition) is 1. The van der Waals surface area contributed by atoms with Crippen molar-refractivity contribution >= 4 is 16.9 Å². The molecule has 0 saturated carbocycles. The van der Waals surface area contributed by atoms with Crippen LogP contribution in [0, 0.1) is 5.92 Å². The fraction of sp³-hybridized carbons (Fsp3) is 0.316. The van der Waals surface area contributed by atoms with Crippen molar-refractivity contribution in [3.63, 3.8) is 0 Å². The SMILES string of the molecule is O=C(c1ccc(=O)[nH]c1)N1CCC(Cn2cnc3ccccc32)CC1. The summed E-state index contributed by atoms with van der Waals surface area (Å²) in [6.45, 7) is 2.42. The van der Waals surface area contributed by atoms with Crippen LogP contribution in [0.3, 0.4) is 0 Å². The van der Waals surface area contributed by atoms with Crippen LogP contribution in [-0.2, 0) is 6.54 Å². The Kier molecular flexibility index (Phi) is 4.09. The van der Waals surface area contributed by atoms with E-state index in [0.717, 1.165) is 43.5 Å². The largest absolute Gasteiger partial charge is 0.339 e. The average Bonchev–Trinajstić information content (AvgIpc) is 3.06. The molecule has 0 spiro atoms. The number of H-pyrrole nitrogens is 1. The number of nitrogens with zero attached hydrogens (tertiary/aromatic N) is 3. The zero-order chi connectivity index (χ0) is 17.2. The van der Waals surface area contributed by atoms with Gasteiger partial charge in [0.2, 0.25) is 5.56 Å². The maximum atomic E-state index is 12.5. The molecule has 0 radical (unpaired) electrons. The highest BCUT2D eigenvalue weighted by molar-refractivity contribution is 5.93. The lowest BCUT2D eigenvalue weighted by atomic mass is 9.96. The van der Waals surface area contributed by atoms with E-state index >= 15 is 0 Å². The van der Waals surface area contributed by atoms with Crippen LogP contribution in [0.4, 0.5) is 0 Å². The third kappa shape index (κ3) is 3.20. The molecule has 3 heterocycles. The molecule has 0 unspecified atom stereocenters. The summed E-state index contributed by atoms with van der Waals surface area (Å²) in [5.41, 5.74) is 2.53. The lowest BCUT2D eigenvalue weighted by molar-refractivity contribution is 0.0683. The summed E-state index contributed by atoms with van der Waals surface area (Å²) in [6, 6.07) is 11.1. The Morgan fingerprint density at radius 2 is 1.96 bits per heavy atom. The molecule has 25 heavy (non-hydrogen) atoms. The summed E-state index contributed by atoms with van der Waals surface area (Å²) < 4.78 is 2.21. The molecule has 4 rings (SSSR count). The smallest absolute Gasteiger partial charge is 0.255 e. The van der Waals surface area contributed by atoms with E-state index in [0.29, 0.717) is 11.5 Å². The van der Waals surface area contributed by atoms with Crippen molar-refractivity contribution in [3.05, 3.63) is 64.8 Å². The lowest BCUT2D eigenvalue weighted by Crippen LogP contribution is -2.39. The van der Waals surface area contributed by atoms with Gasteiger partial charge < -0.3 is 14.5 Å².